The average molecular weight is 809 g/mol. The minimum atomic E-state index is -5.17. The van der Waals surface area contributed by atoms with E-state index in [-0.39, 0.29) is 0 Å². The highest BCUT2D eigenvalue weighted by atomic mass is 32.3. The molecule has 0 aromatic rings. The molecule has 0 rings (SSSR count). The number of nitrogens with zero attached hydrogens (tertiary/aromatic N) is 2. The third-order valence-corrected chi connectivity index (χ3v) is 12.3. The van der Waals surface area contributed by atoms with Gasteiger partial charge in [-0.2, -0.15) is 0 Å². The van der Waals surface area contributed by atoms with E-state index in [0.29, 0.717) is 13.2 Å². The van der Waals surface area contributed by atoms with E-state index in [1.165, 1.54) is 241 Å². The van der Waals surface area contributed by atoms with Crippen molar-refractivity contribution in [3.8, 4) is 0 Å². The predicted molar refractivity (Wildman–Crippen MR) is 237 cm³/mol. The van der Waals surface area contributed by atoms with Crippen LogP contribution in [0.5, 0.6) is 0 Å². The maximum Gasteiger partial charge on any atom is 0.0784 e. The monoisotopic (exact) mass is 809 g/mol. The van der Waals surface area contributed by atoms with Crippen molar-refractivity contribution in [2.24, 2.45) is 0 Å². The number of rotatable bonds is 40. The molecule has 0 bridgehead atoms. The van der Waals surface area contributed by atoms with Crippen LogP contribution in [0.4, 0.5) is 0 Å². The lowest BCUT2D eigenvalue weighted by atomic mass is 10.0. The molecule has 0 fully saturated rings. The largest absolute Gasteiger partial charge is 0.759 e. The van der Waals surface area contributed by atoms with Crippen LogP contribution in [0, 0.1) is 0 Å². The van der Waals surface area contributed by atoms with E-state index in [9.17, 15) is 0 Å². The lowest BCUT2D eigenvalue weighted by molar-refractivity contribution is -0.906. The second-order valence-electron chi connectivity index (χ2n) is 17.1. The van der Waals surface area contributed by atoms with Crippen LogP contribution in [0.1, 0.15) is 233 Å². The fraction of sp³-hybridized carbons (Fsp3) is 1.00. The third-order valence-electron chi connectivity index (χ3n) is 12.3. The summed E-state index contributed by atoms with van der Waals surface area (Å²) < 4.78 is 36.6. The molecule has 336 valence electrons. The molecular weight excluding hydrogens is 709 g/mol. The zero-order chi connectivity index (χ0) is 41.8. The molecule has 2 N–H and O–H groups in total. The Kier molecular flexibility index (Phi) is 48.1. The van der Waals surface area contributed by atoms with Gasteiger partial charge in [0.15, 0.2) is 0 Å². The van der Waals surface area contributed by atoms with Crippen LogP contribution in [-0.2, 0) is 10.4 Å². The van der Waals surface area contributed by atoms with Crippen molar-refractivity contribution >= 4 is 10.4 Å². The van der Waals surface area contributed by atoms with Gasteiger partial charge in [-0.3, -0.25) is 8.42 Å². The van der Waals surface area contributed by atoms with Crippen molar-refractivity contribution in [2.75, 3.05) is 66.6 Å². The maximum absolute atomic E-state index is 8.73. The summed E-state index contributed by atoms with van der Waals surface area (Å²) in [5.41, 5.74) is 0. The Morgan fingerprint density at radius 1 is 0.327 bits per heavy atom. The molecule has 0 aromatic heterocycles. The highest BCUT2D eigenvalue weighted by Crippen LogP contribution is 2.16. The number of hydrogen-bond donors (Lipinski definition) is 2. The Balaban J connectivity index is -0.000000874. The van der Waals surface area contributed by atoms with Crippen LogP contribution in [-0.4, -0.2) is 103 Å². The standard InChI is InChI=1S/2C23H50NO.H2O4S/c2*1-4-24(3,5-2)22-20-18-16-14-12-10-8-6-7-9-11-13-15-17-19-21-23-25;1-5(2,3)4/h2*25H,4-23H2,1-3H3;(H2,1,2,3,4)/q2*+1;/p-2. The SMILES string of the molecule is CC[N+](C)(CC)CCCCCCCCCCCCCCCCCCO.CC[N+](C)(CC)CCCCCCCCCCCCCCCCCCO.O=S(=O)([O-])[O-]. The number of aliphatic hydroxyl groups is 2. The minimum Gasteiger partial charge on any atom is -0.759 e. The highest BCUT2D eigenvalue weighted by molar-refractivity contribution is 7.79. The van der Waals surface area contributed by atoms with Gasteiger partial charge in [0, 0.05) is 23.6 Å². The molecule has 0 saturated carbocycles. The van der Waals surface area contributed by atoms with Gasteiger partial charge >= 0.3 is 0 Å². The predicted octanol–water partition coefficient (Wildman–Crippen LogP) is 12.1. The smallest absolute Gasteiger partial charge is 0.0784 e. The first-order valence-corrected chi connectivity index (χ1v) is 25.3. The fourth-order valence-corrected chi connectivity index (χ4v) is 7.24. The minimum absolute atomic E-state index is 0.371. The fourth-order valence-electron chi connectivity index (χ4n) is 7.24. The van der Waals surface area contributed by atoms with Gasteiger partial charge in [0.2, 0.25) is 0 Å². The summed E-state index contributed by atoms with van der Waals surface area (Å²) in [6, 6.07) is 0. The molecule has 0 unspecified atom stereocenters. The van der Waals surface area contributed by atoms with Crippen LogP contribution in [0.15, 0.2) is 0 Å². The maximum atomic E-state index is 8.73. The van der Waals surface area contributed by atoms with Crippen molar-refractivity contribution in [1.29, 1.82) is 0 Å². The summed E-state index contributed by atoms with van der Waals surface area (Å²) in [6.07, 6.45) is 44.4. The van der Waals surface area contributed by atoms with E-state index in [0.717, 1.165) is 12.8 Å². The Bertz CT molecular complexity index is 761. The second-order valence-corrected chi connectivity index (χ2v) is 17.9. The average Bonchev–Trinajstić information content (AvgIpc) is 3.16. The molecule has 0 aliphatic heterocycles. The summed E-state index contributed by atoms with van der Waals surface area (Å²) in [7, 11) is -0.366. The Labute approximate surface area is 345 Å². The number of quaternary nitrogens is 2. The first-order valence-electron chi connectivity index (χ1n) is 23.9. The highest BCUT2D eigenvalue weighted by Gasteiger charge is 2.15. The summed E-state index contributed by atoms with van der Waals surface area (Å²) in [6.45, 7) is 17.9. The Hall–Kier alpha value is -0.290. The van der Waals surface area contributed by atoms with E-state index >= 15 is 0 Å². The van der Waals surface area contributed by atoms with Crippen molar-refractivity contribution in [3.05, 3.63) is 0 Å². The second kappa shape index (κ2) is 44.8. The zero-order valence-electron chi connectivity index (χ0n) is 38.1. The third kappa shape index (κ3) is 53.7. The molecule has 0 heterocycles. The van der Waals surface area contributed by atoms with Crippen molar-refractivity contribution in [2.45, 2.75) is 233 Å². The summed E-state index contributed by atoms with van der Waals surface area (Å²) in [5, 5.41) is 17.5. The van der Waals surface area contributed by atoms with Gasteiger partial charge in [-0.1, -0.05) is 167 Å². The van der Waals surface area contributed by atoms with E-state index in [4.69, 9.17) is 27.7 Å². The summed E-state index contributed by atoms with van der Waals surface area (Å²) in [5.74, 6) is 0. The lowest BCUT2D eigenvalue weighted by Crippen LogP contribution is -2.44. The molecule has 8 nitrogen and oxygen atoms in total. The van der Waals surface area contributed by atoms with Gasteiger partial charge in [-0.05, 0) is 66.2 Å². The van der Waals surface area contributed by atoms with Crippen LogP contribution >= 0.6 is 0 Å². The van der Waals surface area contributed by atoms with Crippen molar-refractivity contribution < 1.29 is 36.7 Å². The molecule has 0 aromatic carbocycles. The van der Waals surface area contributed by atoms with Crippen molar-refractivity contribution in [1.82, 2.24) is 0 Å². The number of hydrogen-bond acceptors (Lipinski definition) is 6. The summed E-state index contributed by atoms with van der Waals surface area (Å²) >= 11 is 0. The number of unbranched alkanes of at least 4 members (excludes halogenated alkanes) is 30. The number of aliphatic hydroxyl groups excluding tert-OH is 2. The van der Waals surface area contributed by atoms with E-state index in [2.05, 4.69) is 41.8 Å². The van der Waals surface area contributed by atoms with Crippen molar-refractivity contribution in [3.63, 3.8) is 0 Å². The van der Waals surface area contributed by atoms with Gasteiger partial charge in [0.1, 0.15) is 0 Å². The lowest BCUT2D eigenvalue weighted by Gasteiger charge is -2.32. The van der Waals surface area contributed by atoms with E-state index < -0.39 is 10.4 Å². The molecule has 0 atom stereocenters. The molecule has 9 heteroatoms. The van der Waals surface area contributed by atoms with Gasteiger partial charge in [-0.15, -0.1) is 0 Å². The molecule has 0 amide bonds. The Morgan fingerprint density at radius 2 is 0.455 bits per heavy atom. The van der Waals surface area contributed by atoms with Gasteiger partial charge in [0.25, 0.3) is 0 Å². The van der Waals surface area contributed by atoms with E-state index in [1.807, 2.05) is 0 Å². The molecule has 55 heavy (non-hydrogen) atoms. The van der Waals surface area contributed by atoms with Gasteiger partial charge < -0.3 is 28.3 Å². The van der Waals surface area contributed by atoms with Gasteiger partial charge in [0.05, 0.1) is 53.4 Å². The van der Waals surface area contributed by atoms with E-state index in [1.54, 1.807) is 0 Å². The molecule has 0 spiro atoms. The quantitative estimate of drug-likeness (QED) is 0.0275. The van der Waals surface area contributed by atoms with Gasteiger partial charge in [-0.25, -0.2) is 0 Å². The molecule has 0 aliphatic rings. The van der Waals surface area contributed by atoms with Crippen LogP contribution in [0.2, 0.25) is 0 Å². The first-order chi connectivity index (χ1) is 26.4. The normalized spacial score (nSPS) is 12.0. The molecule has 0 saturated heterocycles. The Morgan fingerprint density at radius 3 is 0.582 bits per heavy atom. The molecule has 0 radical (unpaired) electrons. The van der Waals surface area contributed by atoms with Crippen LogP contribution in [0.3, 0.4) is 0 Å². The zero-order valence-corrected chi connectivity index (χ0v) is 38.9. The topological polar surface area (TPSA) is 121 Å². The van der Waals surface area contributed by atoms with Crippen LogP contribution in [0.25, 0.3) is 0 Å². The summed E-state index contributed by atoms with van der Waals surface area (Å²) in [4.78, 5) is 0. The first kappa shape index (κ1) is 59.0. The van der Waals surface area contributed by atoms with Crippen LogP contribution < -0.4 is 0 Å². The molecular formula is C46H100N2O6S. The molecule has 0 aliphatic carbocycles.